The van der Waals surface area contributed by atoms with Gasteiger partial charge in [-0.25, -0.2) is 10.7 Å². The van der Waals surface area contributed by atoms with Gasteiger partial charge >= 0.3 is 27.6 Å². The standard InChI is InChI=1S/C24H40IO6P/c1-2-3-4-5-6-7-8-9-10-11-12-13-14-15-16-17-18-22-19-20-23(25(26)27)24(21-22)31-32(28,29)30/h11-12,19-21H,2-10,13-18H2,1H3,(H2,28,29,30)/b12-11+. The fourth-order valence-electron chi connectivity index (χ4n) is 3.61. The van der Waals surface area contributed by atoms with Gasteiger partial charge in [-0.3, -0.25) is 9.79 Å². The Morgan fingerprint density at radius 1 is 0.844 bits per heavy atom. The number of aryl methyl sites for hydroxylation is 1. The molecule has 0 unspecified atom stereocenters. The Kier molecular flexibility index (Phi) is 16.2. The zero-order chi connectivity index (χ0) is 23.7. The molecule has 0 aliphatic heterocycles. The van der Waals surface area contributed by atoms with E-state index >= 15 is 0 Å². The van der Waals surface area contributed by atoms with E-state index in [9.17, 15) is 10.7 Å². The van der Waals surface area contributed by atoms with E-state index in [-0.39, 0.29) is 9.32 Å². The molecule has 1 aromatic rings. The van der Waals surface area contributed by atoms with Crippen LogP contribution in [0.5, 0.6) is 5.75 Å². The topological polar surface area (TPSA) is 101 Å². The molecule has 0 heterocycles. The van der Waals surface area contributed by atoms with Crippen molar-refractivity contribution >= 4 is 27.6 Å². The third-order valence-corrected chi connectivity index (χ3v) is 7.63. The number of unbranched alkanes of at least 4 members (excludes halogenated alkanes) is 12. The first-order valence-corrected chi connectivity index (χ1v) is 16.3. The predicted octanol–water partition coefficient (Wildman–Crippen LogP) is 8.11. The van der Waals surface area contributed by atoms with Crippen LogP contribution < -0.4 is 4.52 Å². The number of halogens is 1. The summed E-state index contributed by atoms with van der Waals surface area (Å²) >= 11 is -3.90. The van der Waals surface area contributed by atoms with Crippen molar-refractivity contribution in [1.82, 2.24) is 0 Å². The van der Waals surface area contributed by atoms with Crippen LogP contribution in [0, 0.1) is 3.57 Å². The third-order valence-electron chi connectivity index (χ3n) is 5.36. The van der Waals surface area contributed by atoms with Crippen LogP contribution in [0.4, 0.5) is 0 Å². The van der Waals surface area contributed by atoms with E-state index in [1.807, 2.05) is 0 Å². The van der Waals surface area contributed by atoms with Crippen LogP contribution in [0.1, 0.15) is 102 Å². The molecule has 0 aromatic heterocycles. The second-order valence-corrected chi connectivity index (χ2v) is 11.8. The summed E-state index contributed by atoms with van der Waals surface area (Å²) in [5.41, 5.74) is 0.820. The zero-order valence-electron chi connectivity index (χ0n) is 19.3. The SMILES string of the molecule is CCCCCCCCCC/C=C/CCCCCCc1ccc(I(=O)=O)c(OP(=O)(O)O)c1. The Balaban J connectivity index is 2.13. The smallest absolute Gasteiger partial charge is 0.403 e. The average Bonchev–Trinajstić information content (AvgIpc) is 2.72. The van der Waals surface area contributed by atoms with E-state index < -0.39 is 27.6 Å². The number of phosphoric ester groups is 1. The number of rotatable bonds is 19. The van der Waals surface area contributed by atoms with Crippen LogP contribution in [0.3, 0.4) is 0 Å². The van der Waals surface area contributed by atoms with Crippen molar-refractivity contribution in [3.05, 3.63) is 39.5 Å². The van der Waals surface area contributed by atoms with Gasteiger partial charge in [0, 0.05) is 0 Å². The van der Waals surface area contributed by atoms with Crippen molar-refractivity contribution in [2.45, 2.75) is 103 Å². The van der Waals surface area contributed by atoms with Gasteiger partial charge in [0.2, 0.25) is 0 Å². The summed E-state index contributed by atoms with van der Waals surface area (Å²) in [4.78, 5) is 18.0. The molecule has 8 heteroatoms. The maximum atomic E-state index is 11.3. The van der Waals surface area contributed by atoms with Crippen molar-refractivity contribution < 1.29 is 25.0 Å². The molecule has 0 radical (unpaired) electrons. The van der Waals surface area contributed by atoms with E-state index in [1.54, 1.807) is 6.07 Å². The minimum atomic E-state index is -4.80. The van der Waals surface area contributed by atoms with Crippen LogP contribution in [0.25, 0.3) is 0 Å². The summed E-state index contributed by atoms with van der Waals surface area (Å²) in [6.45, 7) is 2.25. The van der Waals surface area contributed by atoms with Crippen LogP contribution >= 0.6 is 27.6 Å². The second kappa shape index (κ2) is 17.7. The minimum absolute atomic E-state index is 0.125. The molecule has 2 N–H and O–H groups in total. The summed E-state index contributed by atoms with van der Waals surface area (Å²) in [5.74, 6) is -0.243. The van der Waals surface area contributed by atoms with Crippen LogP contribution in [-0.2, 0) is 17.1 Å². The molecular weight excluding hydrogens is 542 g/mol. The van der Waals surface area contributed by atoms with Crippen molar-refractivity contribution in [2.75, 3.05) is 0 Å². The summed E-state index contributed by atoms with van der Waals surface area (Å²) in [7, 11) is -4.80. The largest absolute Gasteiger partial charge is 0.524 e. The van der Waals surface area contributed by atoms with Crippen molar-refractivity contribution in [3.63, 3.8) is 0 Å². The van der Waals surface area contributed by atoms with Gasteiger partial charge < -0.3 is 4.52 Å². The molecule has 0 atom stereocenters. The molecule has 0 aliphatic carbocycles. The van der Waals surface area contributed by atoms with Gasteiger partial charge in [-0.2, -0.15) is 0 Å². The first kappa shape index (κ1) is 29.3. The number of hydrogen-bond donors (Lipinski definition) is 2. The van der Waals surface area contributed by atoms with Crippen LogP contribution in [-0.4, -0.2) is 9.79 Å². The highest BCUT2D eigenvalue weighted by molar-refractivity contribution is 14.2. The van der Waals surface area contributed by atoms with Gasteiger partial charge in [0.15, 0.2) is 0 Å². The van der Waals surface area contributed by atoms with Gasteiger partial charge in [-0.15, -0.1) is 0 Å². The Bertz CT molecular complexity index is 777. The summed E-state index contributed by atoms with van der Waals surface area (Å²) in [6.07, 6.45) is 22.7. The molecule has 1 aromatic carbocycles. The highest BCUT2D eigenvalue weighted by Crippen LogP contribution is 2.41. The number of hydrogen-bond acceptors (Lipinski definition) is 4. The van der Waals surface area contributed by atoms with Gasteiger partial charge in [0.25, 0.3) is 0 Å². The lowest BCUT2D eigenvalue weighted by Gasteiger charge is -2.10. The average molecular weight is 582 g/mol. The minimum Gasteiger partial charge on any atom is -0.403 e. The second-order valence-electron chi connectivity index (χ2n) is 8.25. The third kappa shape index (κ3) is 15.1. The molecule has 32 heavy (non-hydrogen) atoms. The molecule has 0 bridgehead atoms. The van der Waals surface area contributed by atoms with Crippen molar-refractivity contribution in [3.8, 4) is 5.75 Å². The van der Waals surface area contributed by atoms with E-state index in [1.165, 1.54) is 69.9 Å². The quantitative estimate of drug-likeness (QED) is 0.0740. The lowest BCUT2D eigenvalue weighted by atomic mass is 10.0. The maximum absolute atomic E-state index is 11.3. The Hall–Kier alpha value is -0.760. The molecule has 0 aliphatic rings. The summed E-state index contributed by atoms with van der Waals surface area (Å²) in [6, 6.07) is 4.50. The molecule has 0 spiro atoms. The summed E-state index contributed by atoms with van der Waals surface area (Å²) in [5, 5.41) is 0. The first-order valence-electron chi connectivity index (χ1n) is 11.9. The lowest BCUT2D eigenvalue weighted by Crippen LogP contribution is -1.95. The number of phosphoric acid groups is 1. The van der Waals surface area contributed by atoms with E-state index in [0.29, 0.717) is 0 Å². The monoisotopic (exact) mass is 582 g/mol. The zero-order valence-corrected chi connectivity index (χ0v) is 22.4. The lowest BCUT2D eigenvalue weighted by molar-refractivity contribution is 0.282. The molecule has 0 saturated carbocycles. The van der Waals surface area contributed by atoms with E-state index in [4.69, 9.17) is 9.79 Å². The van der Waals surface area contributed by atoms with Crippen LogP contribution in [0.15, 0.2) is 30.4 Å². The van der Waals surface area contributed by atoms with Gasteiger partial charge in [0.1, 0.15) is 9.32 Å². The fraction of sp³-hybridized carbons (Fsp3) is 0.667. The highest BCUT2D eigenvalue weighted by atomic mass is 127. The predicted molar refractivity (Wildman–Crippen MR) is 136 cm³/mol. The Morgan fingerprint density at radius 3 is 1.91 bits per heavy atom. The molecule has 6 nitrogen and oxygen atoms in total. The summed E-state index contributed by atoms with van der Waals surface area (Å²) < 4.78 is 38.2. The molecule has 1 rings (SSSR count). The van der Waals surface area contributed by atoms with Crippen LogP contribution in [0.2, 0.25) is 0 Å². The van der Waals surface area contributed by atoms with Gasteiger partial charge in [-0.05, 0) is 56.2 Å². The highest BCUT2D eigenvalue weighted by Gasteiger charge is 2.20. The number of benzene rings is 1. The molecule has 0 fully saturated rings. The normalized spacial score (nSPS) is 12.1. The van der Waals surface area contributed by atoms with Crippen molar-refractivity contribution in [2.24, 2.45) is 0 Å². The Morgan fingerprint density at radius 2 is 1.38 bits per heavy atom. The maximum Gasteiger partial charge on any atom is 0.524 e. The Labute approximate surface area is 200 Å². The fourth-order valence-corrected chi connectivity index (χ4v) is 5.36. The molecular formula is C24H40IO6P. The van der Waals surface area contributed by atoms with E-state index in [0.717, 1.165) is 44.1 Å². The molecule has 0 amide bonds. The first-order chi connectivity index (χ1) is 15.3. The van der Waals surface area contributed by atoms with E-state index in [2.05, 4.69) is 23.6 Å². The molecule has 0 saturated heterocycles. The molecule has 184 valence electrons. The van der Waals surface area contributed by atoms with Crippen molar-refractivity contribution in [1.29, 1.82) is 0 Å². The van der Waals surface area contributed by atoms with Gasteiger partial charge in [0.05, 0.1) is 0 Å². The van der Waals surface area contributed by atoms with Gasteiger partial charge in [-0.1, -0.05) is 82.9 Å². The number of allylic oxidation sites excluding steroid dienone is 2.